The Morgan fingerprint density at radius 1 is 1.12 bits per heavy atom. The second-order valence-electron chi connectivity index (χ2n) is 3.43. The van der Waals surface area contributed by atoms with Crippen LogP contribution in [-0.4, -0.2) is 50.3 Å². The number of nitrogens with zero attached hydrogens (tertiary/aromatic N) is 1. The molecule has 1 unspecified atom stereocenters. The summed E-state index contributed by atoms with van der Waals surface area (Å²) < 4.78 is 0. The zero-order chi connectivity index (χ0) is 12.6. The summed E-state index contributed by atoms with van der Waals surface area (Å²) in [6.45, 7) is 0.612. The van der Waals surface area contributed by atoms with Crippen molar-refractivity contribution >= 4 is 11.9 Å². The van der Waals surface area contributed by atoms with Gasteiger partial charge in [0.15, 0.2) is 0 Å². The van der Waals surface area contributed by atoms with Crippen molar-refractivity contribution in [2.24, 2.45) is 0 Å². The van der Waals surface area contributed by atoms with E-state index in [2.05, 4.69) is 0 Å². The van der Waals surface area contributed by atoms with E-state index >= 15 is 0 Å². The van der Waals surface area contributed by atoms with Crippen molar-refractivity contribution in [3.63, 3.8) is 0 Å². The molecule has 1 saturated heterocycles. The van der Waals surface area contributed by atoms with Gasteiger partial charge in [-0.15, -0.1) is 0 Å². The van der Waals surface area contributed by atoms with E-state index in [4.69, 9.17) is 20.5 Å². The Labute approximate surface area is 92.9 Å². The lowest BCUT2D eigenvalue weighted by atomic mass is 10.1. The van der Waals surface area contributed by atoms with Gasteiger partial charge in [-0.1, -0.05) is 0 Å². The Balaban J connectivity index is 0.000000281. The summed E-state index contributed by atoms with van der Waals surface area (Å²) in [6, 6.07) is 0. The van der Waals surface area contributed by atoms with Crippen LogP contribution in [0.5, 0.6) is 0 Å². The van der Waals surface area contributed by atoms with Gasteiger partial charge in [0, 0.05) is 6.54 Å². The van der Waals surface area contributed by atoms with Crippen LogP contribution in [0.4, 0.5) is 0 Å². The Bertz CT molecular complexity index is 208. The van der Waals surface area contributed by atoms with Gasteiger partial charge in [0.05, 0.1) is 12.8 Å². The molecule has 0 aliphatic carbocycles. The number of carboxylic acid groups (broad SMARTS) is 2. The van der Waals surface area contributed by atoms with Gasteiger partial charge in [0.1, 0.15) is 6.23 Å². The standard InChI is InChI=1S/C5H11NO2.C4H6O4/c7-5-3-1-2-4-6(5)8;5-3(6)1-2-4(7)8/h5,7-8H,1-4H2;1-2H2,(H,5,6)(H,7,8). The Morgan fingerprint density at radius 2 is 1.62 bits per heavy atom. The molecule has 1 fully saturated rings. The van der Waals surface area contributed by atoms with E-state index in [1.165, 1.54) is 0 Å². The van der Waals surface area contributed by atoms with Gasteiger partial charge in [-0.2, -0.15) is 5.06 Å². The van der Waals surface area contributed by atoms with Crippen LogP contribution in [0, 0.1) is 0 Å². The van der Waals surface area contributed by atoms with Crippen molar-refractivity contribution in [3.8, 4) is 0 Å². The summed E-state index contributed by atoms with van der Waals surface area (Å²) in [7, 11) is 0. The van der Waals surface area contributed by atoms with Crippen LogP contribution in [0.25, 0.3) is 0 Å². The van der Waals surface area contributed by atoms with Gasteiger partial charge in [0.2, 0.25) is 0 Å². The van der Waals surface area contributed by atoms with Gasteiger partial charge >= 0.3 is 11.9 Å². The molecule has 0 spiro atoms. The number of aliphatic carboxylic acids is 2. The number of hydrogen-bond acceptors (Lipinski definition) is 5. The number of hydrogen-bond donors (Lipinski definition) is 4. The molecule has 16 heavy (non-hydrogen) atoms. The summed E-state index contributed by atoms with van der Waals surface area (Å²) in [6.07, 6.45) is 1.52. The second kappa shape index (κ2) is 8.03. The topological polar surface area (TPSA) is 118 Å². The van der Waals surface area contributed by atoms with Crippen molar-refractivity contribution in [3.05, 3.63) is 0 Å². The number of hydroxylamine groups is 2. The fourth-order valence-corrected chi connectivity index (χ4v) is 1.11. The fraction of sp³-hybridized carbons (Fsp3) is 0.778. The second-order valence-corrected chi connectivity index (χ2v) is 3.43. The fourth-order valence-electron chi connectivity index (χ4n) is 1.11. The zero-order valence-corrected chi connectivity index (χ0v) is 8.87. The van der Waals surface area contributed by atoms with E-state index in [9.17, 15) is 9.59 Å². The summed E-state index contributed by atoms with van der Waals surface area (Å²) in [4.78, 5) is 19.3. The number of piperidine rings is 1. The zero-order valence-electron chi connectivity index (χ0n) is 8.87. The van der Waals surface area contributed by atoms with Crippen LogP contribution in [0.1, 0.15) is 32.1 Å². The average molecular weight is 235 g/mol. The summed E-state index contributed by atoms with van der Waals surface area (Å²) in [5.41, 5.74) is 0. The van der Waals surface area contributed by atoms with Crippen LogP contribution >= 0.6 is 0 Å². The van der Waals surface area contributed by atoms with Crippen LogP contribution < -0.4 is 0 Å². The predicted molar refractivity (Wildman–Crippen MR) is 52.9 cm³/mol. The lowest BCUT2D eigenvalue weighted by Crippen LogP contribution is -2.36. The molecule has 0 aromatic rings. The summed E-state index contributed by atoms with van der Waals surface area (Å²) >= 11 is 0. The highest BCUT2D eigenvalue weighted by Crippen LogP contribution is 2.11. The van der Waals surface area contributed by atoms with Crippen LogP contribution in [0.2, 0.25) is 0 Å². The molecule has 0 aromatic carbocycles. The molecule has 1 rings (SSSR count). The molecule has 4 N–H and O–H groups in total. The molecule has 0 saturated carbocycles. The van der Waals surface area contributed by atoms with E-state index in [0.717, 1.165) is 17.9 Å². The van der Waals surface area contributed by atoms with Crippen LogP contribution in [0.15, 0.2) is 0 Å². The third-order valence-electron chi connectivity index (χ3n) is 2.00. The number of aliphatic hydroxyl groups is 1. The molecule has 7 nitrogen and oxygen atoms in total. The maximum absolute atomic E-state index is 9.64. The van der Waals surface area contributed by atoms with E-state index < -0.39 is 18.2 Å². The van der Waals surface area contributed by atoms with E-state index in [-0.39, 0.29) is 12.8 Å². The molecule has 0 aromatic heterocycles. The molecule has 1 atom stereocenters. The number of rotatable bonds is 3. The number of carbonyl (C=O) groups is 2. The van der Waals surface area contributed by atoms with Gasteiger partial charge in [-0.3, -0.25) is 9.59 Å². The molecular formula is C9H17NO6. The molecule has 1 heterocycles. The maximum atomic E-state index is 9.64. The largest absolute Gasteiger partial charge is 0.481 e. The highest BCUT2D eigenvalue weighted by atomic mass is 16.5. The highest BCUT2D eigenvalue weighted by Gasteiger charge is 2.16. The molecule has 1 aliphatic heterocycles. The van der Waals surface area contributed by atoms with E-state index in [1.54, 1.807) is 0 Å². The third-order valence-corrected chi connectivity index (χ3v) is 2.00. The highest BCUT2D eigenvalue weighted by molar-refractivity contribution is 5.75. The van der Waals surface area contributed by atoms with Gasteiger partial charge in [-0.05, 0) is 19.3 Å². The molecular weight excluding hydrogens is 218 g/mol. The van der Waals surface area contributed by atoms with E-state index in [1.807, 2.05) is 0 Å². The first kappa shape index (κ1) is 14.8. The van der Waals surface area contributed by atoms with Gasteiger partial charge < -0.3 is 20.5 Å². The minimum absolute atomic E-state index is 0.296. The van der Waals surface area contributed by atoms with E-state index in [0.29, 0.717) is 13.0 Å². The minimum Gasteiger partial charge on any atom is -0.481 e. The van der Waals surface area contributed by atoms with Crippen LogP contribution in [0.3, 0.4) is 0 Å². The third kappa shape index (κ3) is 8.16. The predicted octanol–water partition coefficient (Wildman–Crippen LogP) is 0.116. The van der Waals surface area contributed by atoms with Gasteiger partial charge in [-0.25, -0.2) is 0 Å². The normalized spacial score (nSPS) is 20.8. The molecule has 1 aliphatic rings. The quantitative estimate of drug-likeness (QED) is 0.548. The average Bonchev–Trinajstić information content (AvgIpc) is 2.20. The first-order valence-corrected chi connectivity index (χ1v) is 5.00. The lowest BCUT2D eigenvalue weighted by molar-refractivity contribution is -0.210. The number of aliphatic hydroxyl groups excluding tert-OH is 1. The lowest BCUT2D eigenvalue weighted by Gasteiger charge is -2.25. The SMILES string of the molecule is O=C(O)CCC(=O)O.OC1CCCCN1O. The first-order chi connectivity index (χ1) is 7.43. The molecule has 0 amide bonds. The summed E-state index contributed by atoms with van der Waals surface area (Å²) in [5, 5.41) is 34.4. The molecule has 94 valence electrons. The monoisotopic (exact) mass is 235 g/mol. The van der Waals surface area contributed by atoms with Crippen molar-refractivity contribution < 1.29 is 30.1 Å². The van der Waals surface area contributed by atoms with Crippen molar-refractivity contribution in [2.75, 3.05) is 6.54 Å². The minimum atomic E-state index is -1.08. The molecule has 7 heteroatoms. The Morgan fingerprint density at radius 3 is 1.88 bits per heavy atom. The maximum Gasteiger partial charge on any atom is 0.303 e. The van der Waals surface area contributed by atoms with Crippen molar-refractivity contribution in [1.29, 1.82) is 0 Å². The van der Waals surface area contributed by atoms with Crippen molar-refractivity contribution in [2.45, 2.75) is 38.3 Å². The smallest absolute Gasteiger partial charge is 0.303 e. The van der Waals surface area contributed by atoms with Crippen LogP contribution in [-0.2, 0) is 9.59 Å². The summed E-state index contributed by atoms with van der Waals surface area (Å²) in [5.74, 6) is -2.15. The molecule has 0 bridgehead atoms. The molecule has 0 radical (unpaired) electrons. The first-order valence-electron chi connectivity index (χ1n) is 5.00. The number of carboxylic acids is 2. The Hall–Kier alpha value is -1.18. The van der Waals surface area contributed by atoms with Crippen molar-refractivity contribution in [1.82, 2.24) is 5.06 Å². The Kier molecular flexibility index (Phi) is 7.44. The van der Waals surface area contributed by atoms with Gasteiger partial charge in [0.25, 0.3) is 0 Å².